The third-order valence-electron chi connectivity index (χ3n) is 5.78. The summed E-state index contributed by atoms with van der Waals surface area (Å²) < 4.78 is 18.7. The van der Waals surface area contributed by atoms with Gasteiger partial charge in [0, 0.05) is 11.9 Å². The summed E-state index contributed by atoms with van der Waals surface area (Å²) in [6.45, 7) is 2.62. The lowest BCUT2D eigenvalue weighted by molar-refractivity contribution is 0.629. The standard InChI is InChI=1S/C25H17FN4O/c1-2-29-19-13-7-4-10-16(19)22(31)21-24(29)28-23(15-9-3-5-11-17(15)26)30-20-14-8-6-12-18(20)27-25(21)30/h3-14H,2H2,1H3. The van der Waals surface area contributed by atoms with E-state index >= 15 is 0 Å². The summed E-state index contributed by atoms with van der Waals surface area (Å²) in [5.41, 5.74) is 3.54. The van der Waals surface area contributed by atoms with E-state index in [1.807, 2.05) is 60.0 Å². The number of aromatic nitrogens is 4. The molecule has 6 aromatic rings. The first-order valence-electron chi connectivity index (χ1n) is 10.2. The monoisotopic (exact) mass is 408 g/mol. The van der Waals surface area contributed by atoms with Gasteiger partial charge in [0.05, 0.1) is 22.1 Å². The molecule has 0 N–H and O–H groups in total. The molecule has 0 aliphatic carbocycles. The van der Waals surface area contributed by atoms with Crippen LogP contribution in [0.15, 0.2) is 77.6 Å². The van der Waals surface area contributed by atoms with Crippen molar-refractivity contribution in [3.05, 3.63) is 88.8 Å². The number of rotatable bonds is 2. The Kier molecular flexibility index (Phi) is 3.71. The van der Waals surface area contributed by atoms with Crippen LogP contribution < -0.4 is 5.43 Å². The molecule has 31 heavy (non-hydrogen) atoms. The lowest BCUT2D eigenvalue weighted by Crippen LogP contribution is -2.15. The molecule has 0 spiro atoms. The Morgan fingerprint density at radius 2 is 1.55 bits per heavy atom. The van der Waals surface area contributed by atoms with Crippen molar-refractivity contribution in [2.24, 2.45) is 0 Å². The number of hydrogen-bond donors (Lipinski definition) is 0. The molecule has 0 amide bonds. The second kappa shape index (κ2) is 6.47. The fourth-order valence-corrected chi connectivity index (χ4v) is 4.41. The van der Waals surface area contributed by atoms with Crippen molar-refractivity contribution in [2.45, 2.75) is 13.5 Å². The van der Waals surface area contributed by atoms with E-state index in [0.717, 1.165) is 16.6 Å². The number of halogens is 1. The summed E-state index contributed by atoms with van der Waals surface area (Å²) in [4.78, 5) is 23.3. The molecule has 0 aliphatic heterocycles. The Morgan fingerprint density at radius 3 is 2.35 bits per heavy atom. The van der Waals surface area contributed by atoms with Crippen LogP contribution in [0.2, 0.25) is 0 Å². The van der Waals surface area contributed by atoms with Crippen LogP contribution in [0.4, 0.5) is 4.39 Å². The van der Waals surface area contributed by atoms with Crippen LogP contribution >= 0.6 is 0 Å². The van der Waals surface area contributed by atoms with Crippen LogP contribution in [0.25, 0.3) is 50.0 Å². The van der Waals surface area contributed by atoms with Crippen molar-refractivity contribution in [3.63, 3.8) is 0 Å². The normalized spacial score (nSPS) is 11.8. The Morgan fingerprint density at radius 1 is 0.839 bits per heavy atom. The molecule has 0 atom stereocenters. The van der Waals surface area contributed by atoms with Crippen LogP contribution in [0.3, 0.4) is 0 Å². The first-order valence-corrected chi connectivity index (χ1v) is 10.2. The fourth-order valence-electron chi connectivity index (χ4n) is 4.41. The average Bonchev–Trinajstić information content (AvgIpc) is 3.19. The van der Waals surface area contributed by atoms with Crippen molar-refractivity contribution in [2.75, 3.05) is 0 Å². The van der Waals surface area contributed by atoms with Crippen LogP contribution in [-0.2, 0) is 6.54 Å². The third-order valence-corrected chi connectivity index (χ3v) is 5.78. The predicted octanol–water partition coefficient (Wildman–Crippen LogP) is 5.18. The maximum atomic E-state index is 14.9. The van der Waals surface area contributed by atoms with Crippen LogP contribution in [0, 0.1) is 5.82 Å². The van der Waals surface area contributed by atoms with Gasteiger partial charge in [-0.25, -0.2) is 14.4 Å². The van der Waals surface area contributed by atoms with Crippen molar-refractivity contribution in [1.29, 1.82) is 0 Å². The molecule has 5 nitrogen and oxygen atoms in total. The number of hydrogen-bond acceptors (Lipinski definition) is 3. The summed E-state index contributed by atoms with van der Waals surface area (Å²) in [5, 5.41) is 1.06. The molecule has 3 aromatic heterocycles. The molecule has 0 radical (unpaired) electrons. The minimum absolute atomic E-state index is 0.122. The van der Waals surface area contributed by atoms with Gasteiger partial charge in [0.1, 0.15) is 11.2 Å². The van der Waals surface area contributed by atoms with Gasteiger partial charge in [-0.05, 0) is 43.3 Å². The minimum Gasteiger partial charge on any atom is -0.325 e. The molecular formula is C25H17FN4O. The van der Waals surface area contributed by atoms with Crippen molar-refractivity contribution >= 4 is 38.6 Å². The summed E-state index contributed by atoms with van der Waals surface area (Å²) in [5.74, 6) is 0.0470. The number of imidazole rings is 1. The molecule has 0 bridgehead atoms. The first-order chi connectivity index (χ1) is 15.2. The maximum Gasteiger partial charge on any atom is 0.202 e. The molecule has 3 aromatic carbocycles. The van der Waals surface area contributed by atoms with Crippen molar-refractivity contribution < 1.29 is 4.39 Å². The van der Waals surface area contributed by atoms with Crippen LogP contribution in [-0.4, -0.2) is 18.9 Å². The van der Waals surface area contributed by atoms with Crippen molar-refractivity contribution in [1.82, 2.24) is 18.9 Å². The number of nitrogens with zero attached hydrogens (tertiary/aromatic N) is 4. The van der Waals surface area contributed by atoms with E-state index in [-0.39, 0.29) is 11.2 Å². The summed E-state index contributed by atoms with van der Waals surface area (Å²) >= 11 is 0. The highest BCUT2D eigenvalue weighted by atomic mass is 19.1. The molecule has 0 aliphatic rings. The van der Waals surface area contributed by atoms with E-state index in [4.69, 9.17) is 9.97 Å². The van der Waals surface area contributed by atoms with Gasteiger partial charge in [-0.1, -0.05) is 36.4 Å². The topological polar surface area (TPSA) is 52.2 Å². The molecule has 3 heterocycles. The van der Waals surface area contributed by atoms with Gasteiger partial charge in [-0.15, -0.1) is 0 Å². The smallest absolute Gasteiger partial charge is 0.202 e. The van der Waals surface area contributed by atoms with Gasteiger partial charge >= 0.3 is 0 Å². The molecule has 150 valence electrons. The van der Waals surface area contributed by atoms with E-state index in [9.17, 15) is 9.18 Å². The summed E-state index contributed by atoms with van der Waals surface area (Å²) in [6.07, 6.45) is 0. The highest BCUT2D eigenvalue weighted by Gasteiger charge is 2.22. The number of para-hydroxylation sites is 3. The van der Waals surface area contributed by atoms with Gasteiger partial charge in [-0.3, -0.25) is 9.20 Å². The number of benzene rings is 3. The van der Waals surface area contributed by atoms with Gasteiger partial charge < -0.3 is 4.57 Å². The second-order valence-corrected chi connectivity index (χ2v) is 7.46. The highest BCUT2D eigenvalue weighted by molar-refractivity contribution is 6.02. The first kappa shape index (κ1) is 17.8. The quantitative estimate of drug-likeness (QED) is 0.371. The van der Waals surface area contributed by atoms with E-state index < -0.39 is 0 Å². The Labute approximate surface area is 176 Å². The molecule has 0 saturated carbocycles. The predicted molar refractivity (Wildman–Crippen MR) is 121 cm³/mol. The van der Waals surface area contributed by atoms with E-state index in [2.05, 4.69) is 0 Å². The third kappa shape index (κ3) is 2.39. The average molecular weight is 408 g/mol. The van der Waals surface area contributed by atoms with E-state index in [1.165, 1.54) is 6.07 Å². The zero-order valence-corrected chi connectivity index (χ0v) is 16.7. The van der Waals surface area contributed by atoms with Crippen LogP contribution in [0.5, 0.6) is 0 Å². The maximum absolute atomic E-state index is 14.9. The minimum atomic E-state index is -0.375. The van der Waals surface area contributed by atoms with Gasteiger partial charge in [-0.2, -0.15) is 0 Å². The number of aryl methyl sites for hydroxylation is 1. The molecule has 6 rings (SSSR count). The molecular weight excluding hydrogens is 391 g/mol. The SMILES string of the molecule is CCn1c2ccccc2c(=O)c2c1nc(-c1ccccc1F)n1c3ccccc3nc21. The second-order valence-electron chi connectivity index (χ2n) is 7.46. The van der Waals surface area contributed by atoms with E-state index in [1.54, 1.807) is 22.6 Å². The summed E-state index contributed by atoms with van der Waals surface area (Å²) in [7, 11) is 0. The van der Waals surface area contributed by atoms with E-state index in [0.29, 0.717) is 40.0 Å². The van der Waals surface area contributed by atoms with Crippen molar-refractivity contribution in [3.8, 4) is 11.4 Å². The zero-order valence-electron chi connectivity index (χ0n) is 16.7. The Bertz CT molecular complexity index is 1710. The number of fused-ring (bicyclic) bond motifs is 6. The molecule has 0 unspecified atom stereocenters. The lowest BCUT2D eigenvalue weighted by Gasteiger charge is -2.15. The highest BCUT2D eigenvalue weighted by Crippen LogP contribution is 2.30. The molecule has 0 fully saturated rings. The molecule has 0 saturated heterocycles. The number of pyridine rings is 1. The lowest BCUT2D eigenvalue weighted by atomic mass is 10.1. The van der Waals surface area contributed by atoms with Gasteiger partial charge in [0.2, 0.25) is 5.43 Å². The largest absolute Gasteiger partial charge is 0.325 e. The van der Waals surface area contributed by atoms with Gasteiger partial charge in [0.15, 0.2) is 17.1 Å². The fraction of sp³-hybridized carbons (Fsp3) is 0.0800. The zero-order chi connectivity index (χ0) is 21.1. The van der Waals surface area contributed by atoms with Crippen LogP contribution in [0.1, 0.15) is 6.92 Å². The Hall–Kier alpha value is -4.06. The van der Waals surface area contributed by atoms with Gasteiger partial charge in [0.25, 0.3) is 0 Å². The Balaban J connectivity index is 1.96. The summed E-state index contributed by atoms with van der Waals surface area (Å²) in [6, 6.07) is 21.6. The molecule has 6 heteroatoms.